The Kier molecular flexibility index (Phi) is 5.85. The third-order valence-corrected chi connectivity index (χ3v) is 5.06. The van der Waals surface area contributed by atoms with Crippen LogP contribution < -0.4 is 11.1 Å². The van der Waals surface area contributed by atoms with Gasteiger partial charge in [-0.05, 0) is 44.7 Å². The molecule has 1 aliphatic carbocycles. The molecule has 0 aromatic heterocycles. The largest absolute Gasteiger partial charge is 0.355 e. The zero-order valence-corrected chi connectivity index (χ0v) is 13.0. The highest BCUT2D eigenvalue weighted by Crippen LogP contribution is 2.35. The summed E-state index contributed by atoms with van der Waals surface area (Å²) < 4.78 is 0. The number of nitrogens with one attached hydrogen (secondary N) is 1. The van der Waals surface area contributed by atoms with Crippen LogP contribution in [0, 0.1) is 11.3 Å². The Labute approximate surface area is 123 Å². The Bertz CT molecular complexity index is 307. The van der Waals surface area contributed by atoms with Crippen LogP contribution in [0.1, 0.15) is 51.9 Å². The van der Waals surface area contributed by atoms with Crippen molar-refractivity contribution in [1.29, 1.82) is 0 Å². The van der Waals surface area contributed by atoms with E-state index in [4.69, 9.17) is 5.73 Å². The number of amides is 1. The fraction of sp³-hybridized carbons (Fsp3) is 0.938. The van der Waals surface area contributed by atoms with Gasteiger partial charge in [0.05, 0.1) is 5.41 Å². The number of nitrogens with zero attached hydrogens (tertiary/aromatic N) is 1. The van der Waals surface area contributed by atoms with Gasteiger partial charge < -0.3 is 16.0 Å². The first-order chi connectivity index (χ1) is 9.66. The normalized spacial score (nSPS) is 24.5. The SMILES string of the molecule is CC(CNC(=O)C1(CN)CCCCC1)CN1CCCC1. The monoisotopic (exact) mass is 281 g/mol. The van der Waals surface area contributed by atoms with Gasteiger partial charge in [-0.1, -0.05) is 26.2 Å². The van der Waals surface area contributed by atoms with Crippen molar-refractivity contribution >= 4 is 5.91 Å². The van der Waals surface area contributed by atoms with E-state index < -0.39 is 0 Å². The first kappa shape index (κ1) is 15.8. The predicted molar refractivity (Wildman–Crippen MR) is 82.4 cm³/mol. The molecule has 1 aliphatic heterocycles. The van der Waals surface area contributed by atoms with Crippen LogP contribution in [-0.2, 0) is 4.79 Å². The third-order valence-electron chi connectivity index (χ3n) is 5.06. The molecule has 3 N–H and O–H groups in total. The molecular formula is C16H31N3O. The van der Waals surface area contributed by atoms with Crippen molar-refractivity contribution in [3.05, 3.63) is 0 Å². The third kappa shape index (κ3) is 3.95. The van der Waals surface area contributed by atoms with Crippen molar-refractivity contribution in [3.63, 3.8) is 0 Å². The zero-order valence-electron chi connectivity index (χ0n) is 13.0. The molecule has 1 atom stereocenters. The molecule has 1 amide bonds. The molecule has 2 fully saturated rings. The van der Waals surface area contributed by atoms with Gasteiger partial charge in [0.15, 0.2) is 0 Å². The maximum atomic E-state index is 12.5. The lowest BCUT2D eigenvalue weighted by Crippen LogP contribution is -2.48. The maximum absolute atomic E-state index is 12.5. The molecule has 4 nitrogen and oxygen atoms in total. The van der Waals surface area contributed by atoms with E-state index in [-0.39, 0.29) is 11.3 Å². The minimum Gasteiger partial charge on any atom is -0.355 e. The summed E-state index contributed by atoms with van der Waals surface area (Å²) in [6.07, 6.45) is 8.14. The minimum absolute atomic E-state index is 0.202. The lowest BCUT2D eigenvalue weighted by atomic mass is 9.73. The van der Waals surface area contributed by atoms with Crippen molar-refractivity contribution in [2.24, 2.45) is 17.1 Å². The van der Waals surface area contributed by atoms with Gasteiger partial charge in [0.1, 0.15) is 0 Å². The van der Waals surface area contributed by atoms with E-state index in [2.05, 4.69) is 17.1 Å². The van der Waals surface area contributed by atoms with Crippen LogP contribution in [0.2, 0.25) is 0 Å². The standard InChI is InChI=1S/C16H31N3O/c1-14(12-19-9-5-6-10-19)11-18-15(20)16(13-17)7-3-2-4-8-16/h14H,2-13,17H2,1H3,(H,18,20). The van der Waals surface area contributed by atoms with E-state index in [0.717, 1.165) is 38.8 Å². The number of likely N-dealkylation sites (tertiary alicyclic amines) is 1. The van der Waals surface area contributed by atoms with Crippen LogP contribution in [0.3, 0.4) is 0 Å². The summed E-state index contributed by atoms with van der Waals surface area (Å²) in [5, 5.41) is 3.17. The number of rotatable bonds is 6. The molecule has 0 bridgehead atoms. The van der Waals surface area contributed by atoms with E-state index in [1.165, 1.54) is 32.4 Å². The van der Waals surface area contributed by atoms with Gasteiger partial charge in [-0.25, -0.2) is 0 Å². The first-order valence-electron chi connectivity index (χ1n) is 8.37. The van der Waals surface area contributed by atoms with Crippen molar-refractivity contribution in [2.75, 3.05) is 32.7 Å². The van der Waals surface area contributed by atoms with Crippen LogP contribution in [0.25, 0.3) is 0 Å². The van der Waals surface area contributed by atoms with Gasteiger partial charge >= 0.3 is 0 Å². The van der Waals surface area contributed by atoms with Gasteiger partial charge in [0.2, 0.25) is 5.91 Å². The lowest BCUT2D eigenvalue weighted by molar-refractivity contribution is -0.132. The van der Waals surface area contributed by atoms with E-state index in [0.29, 0.717) is 12.5 Å². The lowest BCUT2D eigenvalue weighted by Gasteiger charge is -2.35. The first-order valence-corrected chi connectivity index (χ1v) is 8.37. The van der Waals surface area contributed by atoms with Gasteiger partial charge in [-0.3, -0.25) is 4.79 Å². The molecule has 0 spiro atoms. The Morgan fingerprint density at radius 2 is 1.85 bits per heavy atom. The summed E-state index contributed by atoms with van der Waals surface area (Å²) in [7, 11) is 0. The molecule has 116 valence electrons. The summed E-state index contributed by atoms with van der Waals surface area (Å²) in [5.74, 6) is 0.725. The Morgan fingerprint density at radius 3 is 2.45 bits per heavy atom. The molecule has 1 saturated heterocycles. The summed E-state index contributed by atoms with van der Waals surface area (Å²) in [6, 6.07) is 0. The van der Waals surface area contributed by atoms with Crippen molar-refractivity contribution in [2.45, 2.75) is 51.9 Å². The molecule has 1 saturated carbocycles. The minimum atomic E-state index is -0.272. The fourth-order valence-electron chi connectivity index (χ4n) is 3.68. The molecular weight excluding hydrogens is 250 g/mol. The number of hydrogen-bond acceptors (Lipinski definition) is 3. The molecule has 20 heavy (non-hydrogen) atoms. The van der Waals surface area contributed by atoms with E-state index >= 15 is 0 Å². The van der Waals surface area contributed by atoms with Gasteiger partial charge in [-0.2, -0.15) is 0 Å². The maximum Gasteiger partial charge on any atom is 0.227 e. The van der Waals surface area contributed by atoms with E-state index in [1.807, 2.05) is 0 Å². The fourth-order valence-corrected chi connectivity index (χ4v) is 3.68. The predicted octanol–water partition coefficient (Wildman–Crippen LogP) is 1.74. The van der Waals surface area contributed by atoms with Crippen molar-refractivity contribution in [1.82, 2.24) is 10.2 Å². The Balaban J connectivity index is 1.75. The second kappa shape index (κ2) is 7.41. The second-order valence-corrected chi connectivity index (χ2v) is 6.87. The summed E-state index contributed by atoms with van der Waals surface area (Å²) in [5.41, 5.74) is 5.64. The summed E-state index contributed by atoms with van der Waals surface area (Å²) >= 11 is 0. The van der Waals surface area contributed by atoms with E-state index in [1.54, 1.807) is 0 Å². The molecule has 0 aromatic carbocycles. The average Bonchev–Trinajstić information content (AvgIpc) is 2.98. The average molecular weight is 281 g/mol. The van der Waals surface area contributed by atoms with Gasteiger partial charge in [0.25, 0.3) is 0 Å². The highest BCUT2D eigenvalue weighted by molar-refractivity contribution is 5.83. The second-order valence-electron chi connectivity index (χ2n) is 6.87. The smallest absolute Gasteiger partial charge is 0.227 e. The van der Waals surface area contributed by atoms with Gasteiger partial charge in [-0.15, -0.1) is 0 Å². The van der Waals surface area contributed by atoms with Crippen LogP contribution in [0.15, 0.2) is 0 Å². The van der Waals surface area contributed by atoms with Crippen LogP contribution >= 0.6 is 0 Å². The summed E-state index contributed by atoms with van der Waals surface area (Å²) in [4.78, 5) is 15.0. The van der Waals surface area contributed by atoms with Gasteiger partial charge in [0, 0.05) is 19.6 Å². The summed E-state index contributed by atoms with van der Waals surface area (Å²) in [6.45, 7) is 7.08. The molecule has 1 unspecified atom stereocenters. The quantitative estimate of drug-likeness (QED) is 0.780. The van der Waals surface area contributed by atoms with Crippen molar-refractivity contribution in [3.8, 4) is 0 Å². The van der Waals surface area contributed by atoms with Crippen LogP contribution in [0.4, 0.5) is 0 Å². The van der Waals surface area contributed by atoms with Crippen molar-refractivity contribution < 1.29 is 4.79 Å². The number of carbonyl (C=O) groups is 1. The number of nitrogens with two attached hydrogens (primary N) is 1. The molecule has 4 heteroatoms. The molecule has 2 aliphatic rings. The molecule has 0 radical (unpaired) electrons. The van der Waals surface area contributed by atoms with Crippen LogP contribution in [-0.4, -0.2) is 43.5 Å². The van der Waals surface area contributed by atoms with Crippen LogP contribution in [0.5, 0.6) is 0 Å². The molecule has 0 aromatic rings. The topological polar surface area (TPSA) is 58.4 Å². The number of carbonyl (C=O) groups excluding carboxylic acids is 1. The zero-order chi connectivity index (χ0) is 14.4. The molecule has 2 rings (SSSR count). The Hall–Kier alpha value is -0.610. The highest BCUT2D eigenvalue weighted by Gasteiger charge is 2.38. The number of hydrogen-bond donors (Lipinski definition) is 2. The Morgan fingerprint density at radius 1 is 1.20 bits per heavy atom. The van der Waals surface area contributed by atoms with E-state index in [9.17, 15) is 4.79 Å². The molecule has 1 heterocycles. The highest BCUT2D eigenvalue weighted by atomic mass is 16.2.